The van der Waals surface area contributed by atoms with Crippen molar-refractivity contribution < 1.29 is 9.13 Å². The van der Waals surface area contributed by atoms with Crippen molar-refractivity contribution in [3.63, 3.8) is 0 Å². The van der Waals surface area contributed by atoms with Crippen molar-refractivity contribution in [3.05, 3.63) is 58.5 Å². The Hall–Kier alpha value is -1.99. The fraction of sp³-hybridized carbons (Fsp3) is 0.176. The molecule has 0 fully saturated rings. The lowest BCUT2D eigenvalue weighted by Crippen LogP contribution is -2.23. The highest BCUT2D eigenvalue weighted by Crippen LogP contribution is 2.34. The lowest BCUT2D eigenvalue weighted by molar-refractivity contribution is 0.367. The molecule has 0 spiro atoms. The van der Waals surface area contributed by atoms with Gasteiger partial charge in [0.1, 0.15) is 18.2 Å². The molecule has 0 saturated carbocycles. The summed E-state index contributed by atoms with van der Waals surface area (Å²) in [5.41, 5.74) is 2.08. The number of hydrogen-bond acceptors (Lipinski definition) is 2. The molecule has 0 atom stereocenters. The molecule has 4 heteroatoms. The summed E-state index contributed by atoms with van der Waals surface area (Å²) >= 11 is 3.44. The molecule has 0 unspecified atom stereocenters. The molecular formula is C17H15BrFNO. The largest absolute Gasteiger partial charge is 0.481 e. The van der Waals surface area contributed by atoms with E-state index in [1.807, 2.05) is 24.0 Å². The van der Waals surface area contributed by atoms with Crippen molar-refractivity contribution >= 4 is 21.6 Å². The molecule has 1 aliphatic rings. The first-order valence-corrected chi connectivity index (χ1v) is 7.28. The average Bonchev–Trinajstić information content (AvgIpc) is 2.48. The van der Waals surface area contributed by atoms with E-state index in [0.717, 1.165) is 15.9 Å². The summed E-state index contributed by atoms with van der Waals surface area (Å²) in [5, 5.41) is 0. The Morgan fingerprint density at radius 3 is 2.81 bits per heavy atom. The maximum Gasteiger partial charge on any atom is 0.148 e. The number of ether oxygens (including phenoxy) is 1. The van der Waals surface area contributed by atoms with Crippen molar-refractivity contribution in [1.29, 1.82) is 0 Å². The highest BCUT2D eigenvalue weighted by atomic mass is 79.9. The Morgan fingerprint density at radius 2 is 2.19 bits per heavy atom. The van der Waals surface area contributed by atoms with E-state index in [9.17, 15) is 4.39 Å². The molecule has 1 aliphatic heterocycles. The third kappa shape index (κ3) is 3.20. The van der Waals surface area contributed by atoms with Gasteiger partial charge in [-0.25, -0.2) is 4.39 Å². The van der Waals surface area contributed by atoms with Gasteiger partial charge in [-0.1, -0.05) is 12.5 Å². The normalized spacial score (nSPS) is 14.4. The van der Waals surface area contributed by atoms with Gasteiger partial charge in [0.15, 0.2) is 0 Å². The van der Waals surface area contributed by atoms with Gasteiger partial charge in [0.2, 0.25) is 0 Å². The summed E-state index contributed by atoms with van der Waals surface area (Å²) in [7, 11) is 0. The van der Waals surface area contributed by atoms with Crippen LogP contribution in [0, 0.1) is 18.2 Å². The Balaban J connectivity index is 2.37. The van der Waals surface area contributed by atoms with Gasteiger partial charge < -0.3 is 9.64 Å². The molecule has 108 valence electrons. The molecule has 0 aliphatic carbocycles. The van der Waals surface area contributed by atoms with E-state index >= 15 is 0 Å². The molecular weight excluding hydrogens is 333 g/mol. The third-order valence-electron chi connectivity index (χ3n) is 3.13. The number of nitrogens with zero attached hydrogens (tertiary/aromatic N) is 1. The van der Waals surface area contributed by atoms with Gasteiger partial charge in [-0.15, -0.1) is 6.42 Å². The smallest absolute Gasteiger partial charge is 0.148 e. The van der Waals surface area contributed by atoms with Crippen LogP contribution in [0.2, 0.25) is 0 Å². The van der Waals surface area contributed by atoms with Crippen molar-refractivity contribution in [2.75, 3.05) is 13.2 Å². The molecule has 0 saturated heterocycles. The van der Waals surface area contributed by atoms with E-state index in [1.165, 1.54) is 6.07 Å². The number of allylic oxidation sites excluding steroid dienone is 3. The van der Waals surface area contributed by atoms with Crippen LogP contribution in [-0.4, -0.2) is 18.1 Å². The van der Waals surface area contributed by atoms with E-state index < -0.39 is 0 Å². The molecule has 1 heterocycles. The standard InChI is InChI=1S/C17H15BrFNO/c1-4-10-21-13-6-7-14(16(19)11-13)17-9-8-15(18)12(3)20(17)5-2/h1,6-9,11H,3,5,10H2,2H3. The van der Waals surface area contributed by atoms with Gasteiger partial charge in [0.25, 0.3) is 0 Å². The zero-order valence-electron chi connectivity index (χ0n) is 11.7. The van der Waals surface area contributed by atoms with Crippen LogP contribution in [0.3, 0.4) is 0 Å². The van der Waals surface area contributed by atoms with Crippen LogP contribution in [0.15, 0.2) is 47.1 Å². The fourth-order valence-corrected chi connectivity index (χ4v) is 2.47. The van der Waals surface area contributed by atoms with Gasteiger partial charge in [-0.3, -0.25) is 0 Å². The van der Waals surface area contributed by atoms with Gasteiger partial charge in [-0.05, 0) is 47.1 Å². The molecule has 2 nitrogen and oxygen atoms in total. The first-order valence-electron chi connectivity index (χ1n) is 6.49. The maximum absolute atomic E-state index is 14.3. The molecule has 2 rings (SSSR count). The van der Waals surface area contributed by atoms with E-state index in [0.29, 0.717) is 17.9 Å². The predicted molar refractivity (Wildman–Crippen MR) is 87.2 cm³/mol. The zero-order valence-corrected chi connectivity index (χ0v) is 13.3. The SMILES string of the molecule is C#CCOc1ccc(C2=CC=C(Br)C(=C)N2CC)c(F)c1. The summed E-state index contributed by atoms with van der Waals surface area (Å²) in [6.45, 7) is 6.82. The molecule has 21 heavy (non-hydrogen) atoms. The Bertz CT molecular complexity index is 670. The second-order valence-electron chi connectivity index (χ2n) is 4.39. The number of terminal acetylenes is 1. The van der Waals surface area contributed by atoms with Gasteiger partial charge in [-0.2, -0.15) is 0 Å². The monoisotopic (exact) mass is 347 g/mol. The second-order valence-corrected chi connectivity index (χ2v) is 5.25. The van der Waals surface area contributed by atoms with E-state index in [1.54, 1.807) is 12.1 Å². The zero-order chi connectivity index (χ0) is 15.4. The van der Waals surface area contributed by atoms with E-state index in [-0.39, 0.29) is 12.4 Å². The highest BCUT2D eigenvalue weighted by Gasteiger charge is 2.20. The number of hydrogen-bond donors (Lipinski definition) is 0. The number of halogens is 2. The first-order chi connectivity index (χ1) is 10.1. The summed E-state index contributed by atoms with van der Waals surface area (Å²) in [5.74, 6) is 2.42. The molecule has 0 aromatic heterocycles. The Labute approximate surface area is 132 Å². The van der Waals surface area contributed by atoms with E-state index in [4.69, 9.17) is 11.2 Å². The lowest BCUT2D eigenvalue weighted by Gasteiger charge is -2.30. The van der Waals surface area contributed by atoms with Crippen LogP contribution in [0.4, 0.5) is 4.39 Å². The van der Waals surface area contributed by atoms with Crippen LogP contribution >= 0.6 is 15.9 Å². The Kier molecular flexibility index (Phi) is 4.87. The quantitative estimate of drug-likeness (QED) is 0.752. The average molecular weight is 348 g/mol. The highest BCUT2D eigenvalue weighted by molar-refractivity contribution is 9.12. The molecule has 0 radical (unpaired) electrons. The van der Waals surface area contributed by atoms with Crippen molar-refractivity contribution in [2.24, 2.45) is 0 Å². The first kappa shape index (κ1) is 15.4. The number of benzene rings is 1. The number of likely N-dealkylation sites (N-methyl/N-ethyl adjacent to an activating group) is 1. The third-order valence-corrected chi connectivity index (χ3v) is 3.86. The van der Waals surface area contributed by atoms with Crippen LogP contribution in [0.25, 0.3) is 5.70 Å². The van der Waals surface area contributed by atoms with Gasteiger partial charge in [0.05, 0.1) is 5.70 Å². The minimum absolute atomic E-state index is 0.120. The van der Waals surface area contributed by atoms with Gasteiger partial charge >= 0.3 is 0 Å². The minimum atomic E-state index is -0.353. The molecule has 0 bridgehead atoms. The van der Waals surface area contributed by atoms with E-state index in [2.05, 4.69) is 28.4 Å². The summed E-state index contributed by atoms with van der Waals surface area (Å²) in [4.78, 5) is 1.95. The molecule has 1 aromatic rings. The fourth-order valence-electron chi connectivity index (χ4n) is 2.13. The van der Waals surface area contributed by atoms with Crippen LogP contribution < -0.4 is 4.74 Å². The predicted octanol–water partition coefficient (Wildman–Crippen LogP) is 4.31. The van der Waals surface area contributed by atoms with Gasteiger partial charge in [0, 0.05) is 28.4 Å². The molecule has 0 amide bonds. The van der Waals surface area contributed by atoms with Crippen LogP contribution in [0.5, 0.6) is 5.75 Å². The lowest BCUT2D eigenvalue weighted by atomic mass is 10.1. The Morgan fingerprint density at radius 1 is 1.43 bits per heavy atom. The molecule has 1 aromatic carbocycles. The summed E-state index contributed by atoms with van der Waals surface area (Å²) < 4.78 is 20.4. The molecule has 0 N–H and O–H groups in total. The number of rotatable bonds is 4. The van der Waals surface area contributed by atoms with Crippen LogP contribution in [0.1, 0.15) is 12.5 Å². The minimum Gasteiger partial charge on any atom is -0.481 e. The summed E-state index contributed by atoms with van der Waals surface area (Å²) in [6, 6.07) is 4.74. The van der Waals surface area contributed by atoms with Crippen molar-refractivity contribution in [2.45, 2.75) is 6.92 Å². The maximum atomic E-state index is 14.3. The van der Waals surface area contributed by atoms with Crippen molar-refractivity contribution in [3.8, 4) is 18.1 Å². The second kappa shape index (κ2) is 6.64. The van der Waals surface area contributed by atoms with Crippen LogP contribution in [-0.2, 0) is 0 Å². The topological polar surface area (TPSA) is 12.5 Å². The summed E-state index contributed by atoms with van der Waals surface area (Å²) in [6.07, 6.45) is 8.85. The van der Waals surface area contributed by atoms with Crippen molar-refractivity contribution in [1.82, 2.24) is 4.90 Å².